The number of aryl methyl sites for hydroxylation is 1. The second-order valence-electron chi connectivity index (χ2n) is 11.5. The third-order valence-corrected chi connectivity index (χ3v) is 8.39. The lowest BCUT2D eigenvalue weighted by Crippen LogP contribution is -2.47. The molecule has 6 rings (SSSR count). The number of hydrogen-bond donors (Lipinski definition) is 3. The molecule has 42 heavy (non-hydrogen) atoms. The average Bonchev–Trinajstić information content (AvgIpc) is 3.49. The highest BCUT2D eigenvalue weighted by Crippen LogP contribution is 2.39. The Labute approximate surface area is 245 Å². The molecule has 3 amide bonds. The number of anilines is 3. The van der Waals surface area contributed by atoms with Crippen molar-refractivity contribution >= 4 is 34.8 Å². The van der Waals surface area contributed by atoms with Crippen LogP contribution >= 0.6 is 0 Å². The molecule has 0 atom stereocenters. The molecular weight excluding hydrogens is 532 g/mol. The molecule has 220 valence electrons. The van der Waals surface area contributed by atoms with Crippen LogP contribution in [0.4, 0.5) is 17.1 Å². The van der Waals surface area contributed by atoms with Crippen LogP contribution in [0.3, 0.4) is 0 Å². The zero-order valence-electron chi connectivity index (χ0n) is 24.0. The maximum Gasteiger partial charge on any atom is 0.277 e. The summed E-state index contributed by atoms with van der Waals surface area (Å²) in [5.41, 5.74) is 4.39. The van der Waals surface area contributed by atoms with Gasteiger partial charge in [-0.05, 0) is 62.4 Å². The van der Waals surface area contributed by atoms with Crippen LogP contribution in [0.5, 0.6) is 0 Å². The lowest BCUT2D eigenvalue weighted by molar-refractivity contribution is -0.120. The van der Waals surface area contributed by atoms with Crippen LogP contribution < -0.4 is 25.8 Å². The SMILES string of the molecule is Cc1ccccc1N1CCN(c2ccc(C(=O)NCC(=O)NC3CCCC3)cc2NC(=O)c2coc(C3CC3)n2)CC1. The summed E-state index contributed by atoms with van der Waals surface area (Å²) in [4.78, 5) is 47.6. The summed E-state index contributed by atoms with van der Waals surface area (Å²) in [5.74, 6) is -0.0647. The lowest BCUT2D eigenvalue weighted by atomic mass is 10.1. The highest BCUT2D eigenvalue weighted by Gasteiger charge is 2.30. The van der Waals surface area contributed by atoms with Gasteiger partial charge in [-0.25, -0.2) is 4.98 Å². The van der Waals surface area contributed by atoms with Crippen molar-refractivity contribution in [3.63, 3.8) is 0 Å². The lowest BCUT2D eigenvalue weighted by Gasteiger charge is -2.38. The minimum absolute atomic E-state index is 0.0947. The van der Waals surface area contributed by atoms with Gasteiger partial charge < -0.3 is 30.2 Å². The van der Waals surface area contributed by atoms with Gasteiger partial charge in [0.2, 0.25) is 5.91 Å². The molecule has 2 heterocycles. The third kappa shape index (κ3) is 6.42. The monoisotopic (exact) mass is 570 g/mol. The van der Waals surface area contributed by atoms with Gasteiger partial charge in [0.25, 0.3) is 11.8 Å². The standard InChI is InChI=1S/C32H38N6O4/c1-21-6-2-5-9-27(21)37-14-16-38(17-15-37)28-13-12-23(30(40)33-19-29(39)34-24-7-3-4-8-24)18-25(28)35-31(41)26-20-42-32(36-26)22-10-11-22/h2,5-6,9,12-13,18,20,22,24H,3-4,7-8,10-11,14-17,19H2,1H3,(H,33,40)(H,34,39)(H,35,41). The zero-order chi connectivity index (χ0) is 29.1. The molecule has 0 bridgehead atoms. The molecule has 2 aromatic carbocycles. The molecule has 10 heteroatoms. The van der Waals surface area contributed by atoms with Crippen molar-refractivity contribution in [3.05, 3.63) is 71.4 Å². The van der Waals surface area contributed by atoms with Gasteiger partial charge in [-0.15, -0.1) is 0 Å². The van der Waals surface area contributed by atoms with E-state index in [9.17, 15) is 14.4 Å². The molecule has 3 fully saturated rings. The summed E-state index contributed by atoms with van der Waals surface area (Å²) in [6, 6.07) is 13.8. The predicted molar refractivity (Wildman–Crippen MR) is 161 cm³/mol. The molecule has 0 unspecified atom stereocenters. The van der Waals surface area contributed by atoms with Gasteiger partial charge >= 0.3 is 0 Å². The number of oxazole rings is 1. The number of carbonyl (C=O) groups excluding carboxylic acids is 3. The molecule has 1 aliphatic heterocycles. The molecule has 0 radical (unpaired) electrons. The second kappa shape index (κ2) is 12.3. The third-order valence-electron chi connectivity index (χ3n) is 8.39. The number of para-hydroxylation sites is 1. The van der Waals surface area contributed by atoms with E-state index < -0.39 is 0 Å². The van der Waals surface area contributed by atoms with E-state index in [0.29, 0.717) is 23.1 Å². The Morgan fingerprint density at radius 1 is 0.905 bits per heavy atom. The molecular formula is C32H38N6O4. The summed E-state index contributed by atoms with van der Waals surface area (Å²) < 4.78 is 5.53. The number of hydrogen-bond acceptors (Lipinski definition) is 7. The highest BCUT2D eigenvalue weighted by atomic mass is 16.3. The number of piperazine rings is 1. The van der Waals surface area contributed by atoms with Crippen molar-refractivity contribution < 1.29 is 18.8 Å². The summed E-state index contributed by atoms with van der Waals surface area (Å²) in [6.07, 6.45) is 7.65. The summed E-state index contributed by atoms with van der Waals surface area (Å²) >= 11 is 0. The first-order valence-corrected chi connectivity index (χ1v) is 15.0. The second-order valence-corrected chi connectivity index (χ2v) is 11.5. The fourth-order valence-electron chi connectivity index (χ4n) is 5.87. The molecule has 2 saturated carbocycles. The van der Waals surface area contributed by atoms with E-state index in [-0.39, 0.29) is 36.0 Å². The smallest absolute Gasteiger partial charge is 0.277 e. The number of rotatable bonds is 9. The van der Waals surface area contributed by atoms with E-state index in [1.807, 2.05) is 12.1 Å². The van der Waals surface area contributed by atoms with Crippen LogP contribution in [0.25, 0.3) is 0 Å². The fourth-order valence-corrected chi connectivity index (χ4v) is 5.87. The summed E-state index contributed by atoms with van der Waals surface area (Å²) in [7, 11) is 0. The molecule has 0 spiro atoms. The van der Waals surface area contributed by atoms with Crippen molar-refractivity contribution in [2.24, 2.45) is 0 Å². The quantitative estimate of drug-likeness (QED) is 0.352. The number of carbonyl (C=O) groups is 3. The Hall–Kier alpha value is -4.34. The molecule has 3 N–H and O–H groups in total. The van der Waals surface area contributed by atoms with Crippen molar-refractivity contribution in [2.45, 2.75) is 57.4 Å². The van der Waals surface area contributed by atoms with Gasteiger partial charge in [-0.2, -0.15) is 0 Å². The first-order valence-electron chi connectivity index (χ1n) is 15.0. The van der Waals surface area contributed by atoms with Gasteiger partial charge in [0.1, 0.15) is 6.26 Å². The van der Waals surface area contributed by atoms with Crippen LogP contribution in [0.1, 0.15) is 76.7 Å². The maximum absolute atomic E-state index is 13.2. The number of amides is 3. The minimum atomic E-state index is -0.390. The Morgan fingerprint density at radius 3 is 2.33 bits per heavy atom. The van der Waals surface area contributed by atoms with Crippen LogP contribution in [0, 0.1) is 6.92 Å². The Balaban J connectivity index is 1.17. The first kappa shape index (κ1) is 27.8. The number of nitrogens with one attached hydrogen (secondary N) is 3. The van der Waals surface area contributed by atoms with Crippen molar-refractivity contribution in [3.8, 4) is 0 Å². The topological polar surface area (TPSA) is 120 Å². The number of aromatic nitrogens is 1. The number of benzene rings is 2. The van der Waals surface area contributed by atoms with E-state index in [4.69, 9.17) is 4.42 Å². The molecule has 2 aliphatic carbocycles. The summed E-state index contributed by atoms with van der Waals surface area (Å²) in [6.45, 7) is 5.17. The molecule has 3 aromatic rings. The van der Waals surface area contributed by atoms with Crippen molar-refractivity contribution in [1.29, 1.82) is 0 Å². The van der Waals surface area contributed by atoms with Gasteiger partial charge in [0.05, 0.1) is 17.9 Å². The van der Waals surface area contributed by atoms with Crippen LogP contribution in [-0.4, -0.2) is 61.5 Å². The van der Waals surface area contributed by atoms with Crippen LogP contribution in [-0.2, 0) is 4.79 Å². The zero-order valence-corrected chi connectivity index (χ0v) is 24.0. The van der Waals surface area contributed by atoms with Gasteiger partial charge in [0.15, 0.2) is 11.6 Å². The van der Waals surface area contributed by atoms with Gasteiger partial charge in [0, 0.05) is 49.4 Å². The Bertz CT molecular complexity index is 1450. The van der Waals surface area contributed by atoms with E-state index in [1.54, 1.807) is 12.1 Å². The molecule has 3 aliphatic rings. The van der Waals surface area contributed by atoms with E-state index in [0.717, 1.165) is 70.4 Å². The molecule has 1 saturated heterocycles. The van der Waals surface area contributed by atoms with Gasteiger partial charge in [-0.1, -0.05) is 31.0 Å². The summed E-state index contributed by atoms with van der Waals surface area (Å²) in [5, 5.41) is 8.70. The number of nitrogens with zero attached hydrogens (tertiary/aromatic N) is 3. The fraction of sp³-hybridized carbons (Fsp3) is 0.438. The first-order chi connectivity index (χ1) is 20.4. The average molecular weight is 571 g/mol. The van der Waals surface area contributed by atoms with Crippen LogP contribution in [0.2, 0.25) is 0 Å². The molecule has 10 nitrogen and oxygen atoms in total. The van der Waals surface area contributed by atoms with Crippen molar-refractivity contribution in [2.75, 3.05) is 47.8 Å². The normalized spacial score (nSPS) is 17.3. The highest BCUT2D eigenvalue weighted by molar-refractivity contribution is 6.06. The van der Waals surface area contributed by atoms with E-state index in [2.05, 4.69) is 55.9 Å². The van der Waals surface area contributed by atoms with Gasteiger partial charge in [-0.3, -0.25) is 14.4 Å². The molecule has 1 aromatic heterocycles. The van der Waals surface area contributed by atoms with Crippen LogP contribution in [0.15, 0.2) is 53.1 Å². The maximum atomic E-state index is 13.2. The van der Waals surface area contributed by atoms with Crippen molar-refractivity contribution in [1.82, 2.24) is 15.6 Å². The largest absolute Gasteiger partial charge is 0.448 e. The van der Waals surface area contributed by atoms with E-state index >= 15 is 0 Å². The Kier molecular flexibility index (Phi) is 8.12. The predicted octanol–water partition coefficient (Wildman–Crippen LogP) is 4.23. The van der Waals surface area contributed by atoms with E-state index in [1.165, 1.54) is 17.5 Å². The minimum Gasteiger partial charge on any atom is -0.448 e. The Morgan fingerprint density at radius 2 is 1.62 bits per heavy atom.